The first-order valence-electron chi connectivity index (χ1n) is 5.51. The van der Waals surface area contributed by atoms with Gasteiger partial charge in [-0.3, -0.25) is 9.59 Å². The Labute approximate surface area is 104 Å². The van der Waals surface area contributed by atoms with Crippen molar-refractivity contribution in [1.29, 1.82) is 0 Å². The maximum Gasteiger partial charge on any atom is 0.303 e. The highest BCUT2D eigenvalue weighted by Gasteiger charge is 1.98. The molecule has 1 aromatic rings. The molecule has 0 heterocycles. The van der Waals surface area contributed by atoms with Crippen LogP contribution in [0.3, 0.4) is 0 Å². The van der Waals surface area contributed by atoms with Gasteiger partial charge < -0.3 is 10.4 Å². The topological polar surface area (TPSA) is 66.4 Å². The standard InChI is InChI=1S/C13H14FNO3/c14-11-6-3-10(4-7-11)5-8-12(16)15-9-1-2-13(17)18/h3-8H,1-2,9H2,(H,15,16)(H,17,18)/b8-5-. The molecule has 0 saturated heterocycles. The third-order valence-corrected chi connectivity index (χ3v) is 2.16. The monoisotopic (exact) mass is 251 g/mol. The average Bonchev–Trinajstić information content (AvgIpc) is 2.34. The van der Waals surface area contributed by atoms with Gasteiger partial charge >= 0.3 is 5.97 Å². The van der Waals surface area contributed by atoms with Crippen LogP contribution in [0.2, 0.25) is 0 Å². The second kappa shape index (κ2) is 7.21. The Morgan fingerprint density at radius 1 is 1.28 bits per heavy atom. The van der Waals surface area contributed by atoms with Crippen molar-refractivity contribution in [2.75, 3.05) is 6.54 Å². The summed E-state index contributed by atoms with van der Waals surface area (Å²) in [6.07, 6.45) is 3.31. The van der Waals surface area contributed by atoms with Crippen molar-refractivity contribution < 1.29 is 19.1 Å². The number of amides is 1. The Balaban J connectivity index is 2.31. The number of nitrogens with one attached hydrogen (secondary N) is 1. The molecule has 1 rings (SSSR count). The molecule has 0 saturated carbocycles. The van der Waals surface area contributed by atoms with Crippen LogP contribution in [0.25, 0.3) is 6.08 Å². The van der Waals surface area contributed by atoms with Gasteiger partial charge in [0, 0.05) is 19.0 Å². The average molecular weight is 251 g/mol. The van der Waals surface area contributed by atoms with Crippen LogP contribution >= 0.6 is 0 Å². The molecular formula is C13H14FNO3. The number of carbonyl (C=O) groups is 2. The molecule has 18 heavy (non-hydrogen) atoms. The van der Waals surface area contributed by atoms with E-state index in [1.54, 1.807) is 18.2 Å². The first-order valence-corrected chi connectivity index (χ1v) is 5.51. The second-order valence-corrected chi connectivity index (χ2v) is 3.67. The van der Waals surface area contributed by atoms with Gasteiger partial charge in [-0.2, -0.15) is 0 Å². The third kappa shape index (κ3) is 5.79. The number of benzene rings is 1. The number of rotatable bonds is 6. The lowest BCUT2D eigenvalue weighted by Crippen LogP contribution is -2.22. The van der Waals surface area contributed by atoms with Crippen LogP contribution in [0.4, 0.5) is 4.39 Å². The Hall–Kier alpha value is -2.17. The molecule has 0 spiro atoms. The van der Waals surface area contributed by atoms with Crippen LogP contribution in [0.15, 0.2) is 30.3 Å². The Morgan fingerprint density at radius 2 is 1.94 bits per heavy atom. The molecule has 0 unspecified atom stereocenters. The number of carbonyl (C=O) groups excluding carboxylic acids is 1. The Kier molecular flexibility index (Phi) is 5.57. The minimum absolute atomic E-state index is 0.0297. The molecular weight excluding hydrogens is 237 g/mol. The van der Waals surface area contributed by atoms with E-state index in [2.05, 4.69) is 5.32 Å². The van der Waals surface area contributed by atoms with E-state index in [1.807, 2.05) is 0 Å². The minimum atomic E-state index is -0.883. The molecule has 4 nitrogen and oxygen atoms in total. The van der Waals surface area contributed by atoms with Gasteiger partial charge in [0.05, 0.1) is 0 Å². The first-order chi connectivity index (χ1) is 8.58. The van der Waals surface area contributed by atoms with Crippen molar-refractivity contribution in [1.82, 2.24) is 5.32 Å². The van der Waals surface area contributed by atoms with Crippen molar-refractivity contribution in [2.45, 2.75) is 12.8 Å². The quantitative estimate of drug-likeness (QED) is 0.598. The fourth-order valence-corrected chi connectivity index (χ4v) is 1.26. The molecule has 0 atom stereocenters. The Morgan fingerprint density at radius 3 is 2.56 bits per heavy atom. The summed E-state index contributed by atoms with van der Waals surface area (Å²) in [6, 6.07) is 5.74. The van der Waals surface area contributed by atoms with Gasteiger partial charge in [-0.25, -0.2) is 4.39 Å². The second-order valence-electron chi connectivity index (χ2n) is 3.67. The van der Waals surface area contributed by atoms with Crippen molar-refractivity contribution in [3.63, 3.8) is 0 Å². The Bertz CT molecular complexity index is 440. The van der Waals surface area contributed by atoms with Gasteiger partial charge in [0.2, 0.25) is 5.91 Å². The maximum atomic E-state index is 12.6. The zero-order valence-corrected chi connectivity index (χ0v) is 9.73. The normalized spacial score (nSPS) is 10.5. The van der Waals surface area contributed by atoms with Crippen molar-refractivity contribution in [3.8, 4) is 0 Å². The number of halogens is 1. The lowest BCUT2D eigenvalue weighted by molar-refractivity contribution is -0.137. The smallest absolute Gasteiger partial charge is 0.303 e. The van der Waals surface area contributed by atoms with Gasteiger partial charge in [-0.15, -0.1) is 0 Å². The van der Waals surface area contributed by atoms with Crippen molar-refractivity contribution in [2.24, 2.45) is 0 Å². The summed E-state index contributed by atoms with van der Waals surface area (Å²) < 4.78 is 12.6. The highest BCUT2D eigenvalue weighted by Crippen LogP contribution is 2.04. The minimum Gasteiger partial charge on any atom is -0.481 e. The number of hydrogen-bond donors (Lipinski definition) is 2. The number of carboxylic acid groups (broad SMARTS) is 1. The molecule has 96 valence electrons. The lowest BCUT2D eigenvalue weighted by atomic mass is 10.2. The summed E-state index contributed by atoms with van der Waals surface area (Å²) in [4.78, 5) is 21.5. The van der Waals surface area contributed by atoms with Crippen LogP contribution in [-0.2, 0) is 9.59 Å². The molecule has 0 aromatic heterocycles. The van der Waals surface area contributed by atoms with E-state index in [0.717, 1.165) is 5.56 Å². The molecule has 0 radical (unpaired) electrons. The van der Waals surface area contributed by atoms with Gasteiger partial charge in [0.1, 0.15) is 5.82 Å². The van der Waals surface area contributed by atoms with Crippen LogP contribution in [0, 0.1) is 5.82 Å². The number of aliphatic carboxylic acids is 1. The SMILES string of the molecule is O=C(O)CCCNC(=O)/C=C\c1ccc(F)cc1. The zero-order chi connectivity index (χ0) is 13.4. The summed E-state index contributed by atoms with van der Waals surface area (Å²) in [5.41, 5.74) is 0.720. The summed E-state index contributed by atoms with van der Waals surface area (Å²) >= 11 is 0. The van der Waals surface area contributed by atoms with E-state index in [-0.39, 0.29) is 18.1 Å². The molecule has 5 heteroatoms. The third-order valence-electron chi connectivity index (χ3n) is 2.16. The fraction of sp³-hybridized carbons (Fsp3) is 0.231. The van der Waals surface area contributed by atoms with Gasteiger partial charge in [-0.1, -0.05) is 12.1 Å². The van der Waals surface area contributed by atoms with Gasteiger partial charge in [0.25, 0.3) is 0 Å². The zero-order valence-electron chi connectivity index (χ0n) is 9.73. The molecule has 0 aliphatic carbocycles. The van der Waals surface area contributed by atoms with E-state index in [9.17, 15) is 14.0 Å². The van der Waals surface area contributed by atoms with Crippen LogP contribution in [-0.4, -0.2) is 23.5 Å². The molecule has 0 aliphatic heterocycles. The highest BCUT2D eigenvalue weighted by atomic mass is 19.1. The van der Waals surface area contributed by atoms with Crippen molar-refractivity contribution in [3.05, 3.63) is 41.7 Å². The molecule has 0 fully saturated rings. The highest BCUT2D eigenvalue weighted by molar-refractivity contribution is 5.91. The van der Waals surface area contributed by atoms with Gasteiger partial charge in [0.15, 0.2) is 0 Å². The van der Waals surface area contributed by atoms with Crippen LogP contribution in [0.5, 0.6) is 0 Å². The summed E-state index contributed by atoms with van der Waals surface area (Å²) in [6.45, 7) is 0.318. The van der Waals surface area contributed by atoms with Crippen LogP contribution in [0.1, 0.15) is 18.4 Å². The maximum absolute atomic E-state index is 12.6. The predicted octanol–water partition coefficient (Wildman–Crippen LogP) is 1.82. The molecule has 1 aromatic carbocycles. The van der Waals surface area contributed by atoms with E-state index in [1.165, 1.54) is 18.2 Å². The van der Waals surface area contributed by atoms with E-state index in [0.29, 0.717) is 13.0 Å². The molecule has 2 N–H and O–H groups in total. The predicted molar refractivity (Wildman–Crippen MR) is 65.3 cm³/mol. The molecule has 1 amide bonds. The van der Waals surface area contributed by atoms with Gasteiger partial charge in [-0.05, 0) is 30.2 Å². The fourth-order valence-electron chi connectivity index (χ4n) is 1.26. The number of hydrogen-bond acceptors (Lipinski definition) is 2. The summed E-state index contributed by atoms with van der Waals surface area (Å²) in [7, 11) is 0. The number of carboxylic acids is 1. The lowest BCUT2D eigenvalue weighted by Gasteiger charge is -1.99. The van der Waals surface area contributed by atoms with E-state index < -0.39 is 5.97 Å². The van der Waals surface area contributed by atoms with Crippen molar-refractivity contribution >= 4 is 18.0 Å². The van der Waals surface area contributed by atoms with E-state index >= 15 is 0 Å². The van der Waals surface area contributed by atoms with Crippen LogP contribution < -0.4 is 5.32 Å². The largest absolute Gasteiger partial charge is 0.481 e. The summed E-state index contributed by atoms with van der Waals surface area (Å²) in [5.74, 6) is -1.51. The molecule has 0 aliphatic rings. The first kappa shape index (κ1) is 13.9. The molecule has 0 bridgehead atoms. The summed E-state index contributed by atoms with van der Waals surface area (Å²) in [5, 5.41) is 11.0. The van der Waals surface area contributed by atoms with E-state index in [4.69, 9.17) is 5.11 Å².